The zero-order valence-electron chi connectivity index (χ0n) is 15.1. The van der Waals surface area contributed by atoms with E-state index in [1.165, 1.54) is 14.2 Å². The van der Waals surface area contributed by atoms with Crippen molar-refractivity contribution >= 4 is 6.09 Å². The molecule has 2 N–H and O–H groups in total. The van der Waals surface area contributed by atoms with Gasteiger partial charge < -0.3 is 19.9 Å². The lowest BCUT2D eigenvalue weighted by Crippen LogP contribution is -2.20. The van der Waals surface area contributed by atoms with Crippen LogP contribution in [-0.4, -0.2) is 45.2 Å². The molecule has 0 aliphatic rings. The number of hydrogen-bond donors (Lipinski definition) is 2. The van der Waals surface area contributed by atoms with Crippen molar-refractivity contribution in [1.29, 1.82) is 0 Å². The number of rotatable bonds is 6. The predicted molar refractivity (Wildman–Crippen MR) is 97.3 cm³/mol. The van der Waals surface area contributed by atoms with E-state index in [2.05, 4.69) is 20.4 Å². The Balaban J connectivity index is 1.92. The number of hydrogen-bond acceptors (Lipinski definition) is 6. The maximum Gasteiger partial charge on any atom is 0.404 e. The highest BCUT2D eigenvalue weighted by molar-refractivity contribution is 5.65. The summed E-state index contributed by atoms with van der Waals surface area (Å²) >= 11 is 0. The van der Waals surface area contributed by atoms with Crippen LogP contribution < -0.4 is 14.8 Å². The van der Waals surface area contributed by atoms with Crippen molar-refractivity contribution in [1.82, 2.24) is 25.1 Å². The SMILES string of the molecule is COc1ccc(-n2cnc(-c3ccc(C)c(CNC(=O)O)c3)n2)c(OC)n1. The van der Waals surface area contributed by atoms with Crippen LogP contribution in [-0.2, 0) is 6.54 Å². The van der Waals surface area contributed by atoms with Crippen molar-refractivity contribution in [2.75, 3.05) is 14.2 Å². The number of nitrogens with one attached hydrogen (secondary N) is 1. The van der Waals surface area contributed by atoms with Gasteiger partial charge in [-0.1, -0.05) is 12.1 Å². The van der Waals surface area contributed by atoms with Gasteiger partial charge in [0.25, 0.3) is 0 Å². The van der Waals surface area contributed by atoms with Gasteiger partial charge >= 0.3 is 6.09 Å². The Kier molecular flexibility index (Phi) is 5.20. The van der Waals surface area contributed by atoms with Crippen molar-refractivity contribution in [3.63, 3.8) is 0 Å². The van der Waals surface area contributed by atoms with Gasteiger partial charge in [-0.05, 0) is 30.2 Å². The van der Waals surface area contributed by atoms with Crippen molar-refractivity contribution in [2.45, 2.75) is 13.5 Å². The summed E-state index contributed by atoms with van der Waals surface area (Å²) in [6, 6.07) is 9.16. The summed E-state index contributed by atoms with van der Waals surface area (Å²) in [6.45, 7) is 2.13. The minimum Gasteiger partial charge on any atom is -0.481 e. The van der Waals surface area contributed by atoms with Gasteiger partial charge in [-0.3, -0.25) is 0 Å². The molecule has 9 heteroatoms. The van der Waals surface area contributed by atoms with Crippen LogP contribution in [0.3, 0.4) is 0 Å². The van der Waals surface area contributed by atoms with Gasteiger partial charge in [0.05, 0.1) is 14.2 Å². The average Bonchev–Trinajstić information content (AvgIpc) is 3.16. The van der Waals surface area contributed by atoms with E-state index in [1.807, 2.05) is 25.1 Å². The Hall–Kier alpha value is -3.62. The topological polar surface area (TPSA) is 111 Å². The number of pyridine rings is 1. The molecule has 0 unspecified atom stereocenters. The van der Waals surface area contributed by atoms with Crippen LogP contribution in [0.25, 0.3) is 17.1 Å². The first-order valence-corrected chi connectivity index (χ1v) is 8.09. The highest BCUT2D eigenvalue weighted by Crippen LogP contribution is 2.25. The number of aromatic nitrogens is 4. The van der Waals surface area contributed by atoms with Gasteiger partial charge in [-0.25, -0.2) is 14.5 Å². The summed E-state index contributed by atoms with van der Waals surface area (Å²) in [7, 11) is 3.05. The molecule has 3 aromatic rings. The molecule has 0 atom stereocenters. The second kappa shape index (κ2) is 7.73. The number of methoxy groups -OCH3 is 2. The molecule has 0 aliphatic carbocycles. The van der Waals surface area contributed by atoms with Crippen LogP contribution in [0.1, 0.15) is 11.1 Å². The molecule has 0 fully saturated rings. The molecule has 1 aromatic carbocycles. The summed E-state index contributed by atoms with van der Waals surface area (Å²) in [4.78, 5) is 19.3. The Bertz CT molecular complexity index is 970. The summed E-state index contributed by atoms with van der Waals surface area (Å²) in [5, 5.41) is 15.7. The quantitative estimate of drug-likeness (QED) is 0.686. The third kappa shape index (κ3) is 3.97. The van der Waals surface area contributed by atoms with E-state index in [4.69, 9.17) is 14.6 Å². The van der Waals surface area contributed by atoms with Crippen molar-refractivity contribution < 1.29 is 19.4 Å². The molecule has 27 heavy (non-hydrogen) atoms. The van der Waals surface area contributed by atoms with Gasteiger partial charge in [0.1, 0.15) is 12.0 Å². The number of ether oxygens (including phenoxy) is 2. The van der Waals surface area contributed by atoms with Crippen LogP contribution >= 0.6 is 0 Å². The number of aryl methyl sites for hydroxylation is 1. The molecule has 0 spiro atoms. The molecule has 0 bridgehead atoms. The molecular weight excluding hydrogens is 350 g/mol. The van der Waals surface area contributed by atoms with Gasteiger partial charge in [0.15, 0.2) is 5.82 Å². The van der Waals surface area contributed by atoms with E-state index < -0.39 is 6.09 Å². The third-order valence-corrected chi connectivity index (χ3v) is 3.99. The zero-order valence-corrected chi connectivity index (χ0v) is 15.1. The van der Waals surface area contributed by atoms with Crippen LogP contribution in [0.5, 0.6) is 11.8 Å². The average molecular weight is 369 g/mol. The molecule has 9 nitrogen and oxygen atoms in total. The standard InChI is InChI=1S/C18H19N5O4/c1-11-4-5-12(8-13(11)9-19-18(24)25)16-20-10-23(22-16)14-6-7-15(26-2)21-17(14)27-3/h4-8,10,19H,9H2,1-3H3,(H,24,25). The molecular formula is C18H19N5O4. The predicted octanol–water partition coefficient (Wildman–Crippen LogP) is 2.42. The van der Waals surface area contributed by atoms with Gasteiger partial charge in [0, 0.05) is 18.2 Å². The second-order valence-electron chi connectivity index (χ2n) is 5.69. The minimum absolute atomic E-state index is 0.214. The number of carbonyl (C=O) groups is 1. The minimum atomic E-state index is -1.07. The fraction of sp³-hybridized carbons (Fsp3) is 0.222. The Morgan fingerprint density at radius 3 is 2.74 bits per heavy atom. The molecule has 0 saturated heterocycles. The van der Waals surface area contributed by atoms with Crippen molar-refractivity contribution in [2.24, 2.45) is 0 Å². The monoisotopic (exact) mass is 369 g/mol. The lowest BCUT2D eigenvalue weighted by molar-refractivity contribution is 0.194. The smallest absolute Gasteiger partial charge is 0.404 e. The van der Waals surface area contributed by atoms with Crippen LogP contribution in [0.2, 0.25) is 0 Å². The Morgan fingerprint density at radius 2 is 2.04 bits per heavy atom. The van der Waals surface area contributed by atoms with Gasteiger partial charge in [-0.2, -0.15) is 4.98 Å². The zero-order chi connectivity index (χ0) is 19.4. The molecule has 2 heterocycles. The van der Waals surface area contributed by atoms with E-state index >= 15 is 0 Å². The molecule has 0 aliphatic heterocycles. The maximum atomic E-state index is 10.7. The normalized spacial score (nSPS) is 10.5. The Morgan fingerprint density at radius 1 is 1.22 bits per heavy atom. The van der Waals surface area contributed by atoms with E-state index in [0.717, 1.165) is 16.7 Å². The maximum absolute atomic E-state index is 10.7. The van der Waals surface area contributed by atoms with Crippen LogP contribution in [0.15, 0.2) is 36.7 Å². The molecule has 1 amide bonds. The summed E-state index contributed by atoms with van der Waals surface area (Å²) in [5.41, 5.74) is 3.24. The number of benzene rings is 1. The highest BCUT2D eigenvalue weighted by Gasteiger charge is 2.13. The molecule has 140 valence electrons. The number of amides is 1. The number of nitrogens with zero attached hydrogens (tertiary/aromatic N) is 4. The van der Waals surface area contributed by atoms with Gasteiger partial charge in [0.2, 0.25) is 11.8 Å². The van der Waals surface area contributed by atoms with E-state index in [9.17, 15) is 4.79 Å². The largest absolute Gasteiger partial charge is 0.481 e. The molecule has 3 rings (SSSR count). The molecule has 0 saturated carbocycles. The lowest BCUT2D eigenvalue weighted by atomic mass is 10.0. The second-order valence-corrected chi connectivity index (χ2v) is 5.69. The van der Waals surface area contributed by atoms with E-state index in [1.54, 1.807) is 23.1 Å². The molecule has 0 radical (unpaired) electrons. The summed E-state index contributed by atoms with van der Waals surface area (Å²) in [6.07, 6.45) is 0.498. The summed E-state index contributed by atoms with van der Waals surface area (Å²) in [5.74, 6) is 1.30. The lowest BCUT2D eigenvalue weighted by Gasteiger charge is -2.08. The summed E-state index contributed by atoms with van der Waals surface area (Å²) < 4.78 is 12.0. The molecule has 2 aromatic heterocycles. The number of carboxylic acid groups (broad SMARTS) is 1. The van der Waals surface area contributed by atoms with Gasteiger partial charge in [-0.15, -0.1) is 5.10 Å². The first-order chi connectivity index (χ1) is 13.0. The fourth-order valence-electron chi connectivity index (χ4n) is 2.54. The first-order valence-electron chi connectivity index (χ1n) is 8.09. The Labute approximate surface area is 155 Å². The fourth-order valence-corrected chi connectivity index (χ4v) is 2.54. The first kappa shape index (κ1) is 18.2. The highest BCUT2D eigenvalue weighted by atomic mass is 16.5. The van der Waals surface area contributed by atoms with E-state index in [-0.39, 0.29) is 6.54 Å². The van der Waals surface area contributed by atoms with Crippen LogP contribution in [0.4, 0.5) is 4.79 Å². The van der Waals surface area contributed by atoms with Crippen molar-refractivity contribution in [3.05, 3.63) is 47.8 Å². The van der Waals surface area contributed by atoms with Crippen molar-refractivity contribution in [3.8, 4) is 28.8 Å². The van der Waals surface area contributed by atoms with Crippen LogP contribution in [0, 0.1) is 6.92 Å². The van der Waals surface area contributed by atoms with E-state index in [0.29, 0.717) is 23.3 Å². The third-order valence-electron chi connectivity index (χ3n) is 3.99.